The molecule has 3 aromatic rings. The first-order valence-corrected chi connectivity index (χ1v) is 11.3. The van der Waals surface area contributed by atoms with Gasteiger partial charge in [-0.05, 0) is 37.6 Å². The Morgan fingerprint density at radius 1 is 1.15 bits per heavy atom. The third-order valence-electron chi connectivity index (χ3n) is 5.75. The molecule has 0 spiro atoms. The summed E-state index contributed by atoms with van der Waals surface area (Å²) in [5.41, 5.74) is 4.04. The zero-order valence-corrected chi connectivity index (χ0v) is 19.0. The number of rotatable bonds is 8. The van der Waals surface area contributed by atoms with Crippen molar-refractivity contribution < 1.29 is 18.7 Å². The number of hydrogen-bond acceptors (Lipinski definition) is 4. The Morgan fingerprint density at radius 2 is 1.94 bits per heavy atom. The first-order valence-electron chi connectivity index (χ1n) is 11.3. The van der Waals surface area contributed by atoms with E-state index in [0.29, 0.717) is 32.1 Å². The van der Waals surface area contributed by atoms with Crippen molar-refractivity contribution in [3.8, 4) is 11.5 Å². The van der Waals surface area contributed by atoms with E-state index >= 15 is 0 Å². The van der Waals surface area contributed by atoms with Crippen molar-refractivity contribution in [2.75, 3.05) is 18.1 Å². The normalized spacial score (nSPS) is 14.9. The van der Waals surface area contributed by atoms with Crippen LogP contribution in [0.15, 0.2) is 66.7 Å². The van der Waals surface area contributed by atoms with Crippen molar-refractivity contribution in [1.29, 1.82) is 0 Å². The summed E-state index contributed by atoms with van der Waals surface area (Å²) in [6, 6.07) is 20.4. The van der Waals surface area contributed by atoms with Crippen LogP contribution in [-0.2, 0) is 17.9 Å². The molecule has 0 aromatic heterocycles. The van der Waals surface area contributed by atoms with E-state index in [-0.39, 0.29) is 24.2 Å². The second-order valence-corrected chi connectivity index (χ2v) is 8.21. The van der Waals surface area contributed by atoms with Crippen LogP contribution < -0.4 is 19.7 Å². The van der Waals surface area contributed by atoms with E-state index in [2.05, 4.69) is 34.5 Å². The number of hydrogen-bond donors (Lipinski definition) is 1. The Kier molecular flexibility index (Phi) is 7.13. The largest absolute Gasteiger partial charge is 0.494 e. The second-order valence-electron chi connectivity index (χ2n) is 8.21. The number of fused-ring (bicyclic) bond motifs is 1. The van der Waals surface area contributed by atoms with Gasteiger partial charge in [-0.1, -0.05) is 48.0 Å². The molecule has 0 saturated carbocycles. The third kappa shape index (κ3) is 5.64. The number of carbonyl (C=O) groups excluding carboxylic acids is 1. The lowest BCUT2D eigenvalue weighted by molar-refractivity contribution is -0.121. The van der Waals surface area contributed by atoms with E-state index in [0.717, 1.165) is 22.6 Å². The number of para-hydroxylation sites is 1. The highest BCUT2D eigenvalue weighted by Crippen LogP contribution is 2.36. The van der Waals surface area contributed by atoms with Crippen molar-refractivity contribution in [2.24, 2.45) is 0 Å². The summed E-state index contributed by atoms with van der Waals surface area (Å²) in [6.07, 6.45) is 0.263. The third-order valence-corrected chi connectivity index (χ3v) is 5.75. The second kappa shape index (κ2) is 10.4. The van der Waals surface area contributed by atoms with E-state index in [1.165, 1.54) is 17.7 Å². The molecule has 33 heavy (non-hydrogen) atoms. The van der Waals surface area contributed by atoms with Crippen molar-refractivity contribution in [3.05, 3.63) is 89.2 Å². The number of nitrogens with one attached hydrogen (secondary N) is 1. The SMILES string of the molecule is CCOc1ccccc1CNC(=O)CC1COc2cc(F)ccc2N1Cc1ccc(C)cc1. The van der Waals surface area contributed by atoms with Gasteiger partial charge in [-0.3, -0.25) is 4.79 Å². The number of benzene rings is 3. The Labute approximate surface area is 194 Å². The molecule has 3 aromatic carbocycles. The highest BCUT2D eigenvalue weighted by Gasteiger charge is 2.30. The molecule has 1 amide bonds. The molecule has 5 nitrogen and oxygen atoms in total. The fraction of sp³-hybridized carbons (Fsp3) is 0.296. The molecule has 172 valence electrons. The maximum atomic E-state index is 13.8. The summed E-state index contributed by atoms with van der Waals surface area (Å²) in [4.78, 5) is 15.0. The lowest BCUT2D eigenvalue weighted by atomic mass is 10.1. The minimum Gasteiger partial charge on any atom is -0.494 e. The van der Waals surface area contributed by atoms with Gasteiger partial charge in [-0.2, -0.15) is 0 Å². The summed E-state index contributed by atoms with van der Waals surface area (Å²) in [5, 5.41) is 3.01. The van der Waals surface area contributed by atoms with Crippen LogP contribution in [0.3, 0.4) is 0 Å². The van der Waals surface area contributed by atoms with E-state index in [4.69, 9.17) is 9.47 Å². The number of nitrogens with zero attached hydrogens (tertiary/aromatic N) is 1. The minimum absolute atomic E-state index is 0.0747. The molecular formula is C27H29FN2O3. The molecule has 0 saturated heterocycles. The van der Waals surface area contributed by atoms with Crippen molar-refractivity contribution in [2.45, 2.75) is 39.4 Å². The van der Waals surface area contributed by atoms with Crippen molar-refractivity contribution in [1.82, 2.24) is 5.32 Å². The molecule has 0 radical (unpaired) electrons. The molecular weight excluding hydrogens is 419 g/mol. The molecule has 6 heteroatoms. The van der Waals surface area contributed by atoms with Crippen LogP contribution in [0.4, 0.5) is 10.1 Å². The number of anilines is 1. The fourth-order valence-corrected chi connectivity index (χ4v) is 4.01. The zero-order chi connectivity index (χ0) is 23.2. The smallest absolute Gasteiger partial charge is 0.222 e. The van der Waals surface area contributed by atoms with Crippen LogP contribution >= 0.6 is 0 Å². The Morgan fingerprint density at radius 3 is 2.73 bits per heavy atom. The molecule has 0 bridgehead atoms. The summed E-state index contributed by atoms with van der Waals surface area (Å²) in [5.74, 6) is 0.866. The summed E-state index contributed by atoms with van der Waals surface area (Å²) in [7, 11) is 0. The topological polar surface area (TPSA) is 50.8 Å². The Bertz CT molecular complexity index is 1100. The molecule has 4 rings (SSSR count). The Hall–Kier alpha value is -3.54. The number of halogens is 1. The Balaban J connectivity index is 1.48. The summed E-state index contributed by atoms with van der Waals surface area (Å²) >= 11 is 0. The molecule has 0 fully saturated rings. The van der Waals surface area contributed by atoms with Crippen LogP contribution in [0, 0.1) is 12.7 Å². The molecule has 1 aliphatic heterocycles. The molecule has 1 N–H and O–H groups in total. The van der Waals surface area contributed by atoms with Gasteiger partial charge >= 0.3 is 0 Å². The van der Waals surface area contributed by atoms with Crippen LogP contribution in [0.25, 0.3) is 0 Å². The number of ether oxygens (including phenoxy) is 2. The van der Waals surface area contributed by atoms with Crippen LogP contribution in [-0.4, -0.2) is 25.2 Å². The monoisotopic (exact) mass is 448 g/mol. The highest BCUT2D eigenvalue weighted by molar-refractivity contribution is 5.78. The molecule has 0 aliphatic carbocycles. The van der Waals surface area contributed by atoms with Gasteiger partial charge in [0.1, 0.15) is 23.9 Å². The number of aryl methyl sites for hydroxylation is 1. The van der Waals surface area contributed by atoms with Gasteiger partial charge < -0.3 is 19.7 Å². The van der Waals surface area contributed by atoms with Gasteiger partial charge in [0.15, 0.2) is 0 Å². The standard InChI is InChI=1S/C27H29FN2O3/c1-3-32-25-7-5-4-6-21(25)16-29-27(31)15-23-18-33-26-14-22(28)12-13-24(26)30(23)17-20-10-8-19(2)9-11-20/h4-14,23H,3,15-18H2,1-2H3,(H,29,31). The van der Waals surface area contributed by atoms with E-state index in [9.17, 15) is 9.18 Å². The average molecular weight is 449 g/mol. The van der Waals surface area contributed by atoms with Gasteiger partial charge in [0, 0.05) is 24.7 Å². The van der Waals surface area contributed by atoms with Gasteiger partial charge in [0.05, 0.1) is 24.8 Å². The number of carbonyl (C=O) groups is 1. The van der Waals surface area contributed by atoms with Gasteiger partial charge in [0.25, 0.3) is 0 Å². The fourth-order valence-electron chi connectivity index (χ4n) is 4.01. The lowest BCUT2D eigenvalue weighted by Crippen LogP contribution is -2.45. The quantitative estimate of drug-likeness (QED) is 0.527. The molecule has 1 unspecified atom stereocenters. The van der Waals surface area contributed by atoms with E-state index in [1.54, 1.807) is 6.07 Å². The van der Waals surface area contributed by atoms with E-state index < -0.39 is 0 Å². The minimum atomic E-state index is -0.340. The molecule has 1 aliphatic rings. The summed E-state index contributed by atoms with van der Waals surface area (Å²) in [6.45, 7) is 5.86. The van der Waals surface area contributed by atoms with Gasteiger partial charge in [-0.25, -0.2) is 4.39 Å². The highest BCUT2D eigenvalue weighted by atomic mass is 19.1. The first kappa shape index (κ1) is 22.6. The number of amides is 1. The van der Waals surface area contributed by atoms with Gasteiger partial charge in [-0.15, -0.1) is 0 Å². The predicted octanol–water partition coefficient (Wildman–Crippen LogP) is 5.01. The van der Waals surface area contributed by atoms with Crippen molar-refractivity contribution in [3.63, 3.8) is 0 Å². The van der Waals surface area contributed by atoms with Crippen molar-refractivity contribution >= 4 is 11.6 Å². The predicted molar refractivity (Wildman–Crippen MR) is 127 cm³/mol. The molecule has 1 atom stereocenters. The van der Waals surface area contributed by atoms with Crippen LogP contribution in [0.5, 0.6) is 11.5 Å². The van der Waals surface area contributed by atoms with Gasteiger partial charge in [0.2, 0.25) is 5.91 Å². The zero-order valence-electron chi connectivity index (χ0n) is 19.0. The molecule has 1 heterocycles. The van der Waals surface area contributed by atoms with E-state index in [1.807, 2.05) is 38.1 Å². The first-order chi connectivity index (χ1) is 16.0. The summed E-state index contributed by atoms with van der Waals surface area (Å²) < 4.78 is 25.3. The lowest BCUT2D eigenvalue weighted by Gasteiger charge is -2.38. The van der Waals surface area contributed by atoms with Crippen LogP contribution in [0.2, 0.25) is 0 Å². The average Bonchev–Trinajstić information content (AvgIpc) is 2.81. The van der Waals surface area contributed by atoms with Crippen LogP contribution in [0.1, 0.15) is 30.0 Å². The maximum absolute atomic E-state index is 13.8. The maximum Gasteiger partial charge on any atom is 0.222 e.